The third-order valence-corrected chi connectivity index (χ3v) is 5.47. The van der Waals surface area contributed by atoms with Crippen LogP contribution in [0.25, 0.3) is 11.1 Å². The summed E-state index contributed by atoms with van der Waals surface area (Å²) in [6.45, 7) is 3.76. The topological polar surface area (TPSA) is 75.6 Å². The first-order chi connectivity index (χ1) is 13.5. The van der Waals surface area contributed by atoms with Crippen LogP contribution in [0.15, 0.2) is 48.5 Å². The number of rotatable bonds is 8. The number of hydrogen-bond donors (Lipinski definition) is 2. The number of carboxylic acid groups (broad SMARTS) is 1. The van der Waals surface area contributed by atoms with E-state index in [-0.39, 0.29) is 12.5 Å². The Labute approximate surface area is 165 Å². The van der Waals surface area contributed by atoms with Crippen molar-refractivity contribution in [2.75, 3.05) is 6.61 Å². The van der Waals surface area contributed by atoms with Crippen molar-refractivity contribution >= 4 is 12.1 Å². The number of amides is 1. The minimum Gasteiger partial charge on any atom is -0.480 e. The van der Waals surface area contributed by atoms with Gasteiger partial charge >= 0.3 is 12.1 Å². The molecule has 2 aromatic rings. The number of hydrogen-bond acceptors (Lipinski definition) is 3. The van der Waals surface area contributed by atoms with Crippen molar-refractivity contribution in [3.8, 4) is 11.1 Å². The number of nitrogens with one attached hydrogen (secondary N) is 1. The summed E-state index contributed by atoms with van der Waals surface area (Å²) in [6, 6.07) is 16.2. The van der Waals surface area contributed by atoms with Gasteiger partial charge in [-0.3, -0.25) is 0 Å². The Morgan fingerprint density at radius 2 is 1.61 bits per heavy atom. The summed E-state index contributed by atoms with van der Waals surface area (Å²) in [5.41, 5.74) is 3.24. The highest BCUT2D eigenvalue weighted by atomic mass is 16.5. The molecule has 0 radical (unpaired) electrons. The van der Waals surface area contributed by atoms with Crippen molar-refractivity contribution in [1.29, 1.82) is 0 Å². The predicted molar refractivity (Wildman–Crippen MR) is 108 cm³/mol. The van der Waals surface area contributed by atoms with Gasteiger partial charge in [-0.05, 0) is 35.6 Å². The highest BCUT2D eigenvalue weighted by Crippen LogP contribution is 2.44. The number of alkyl carbamates (subject to hydrolysis) is 1. The van der Waals surface area contributed by atoms with E-state index in [4.69, 9.17) is 4.74 Å². The van der Waals surface area contributed by atoms with E-state index >= 15 is 0 Å². The lowest BCUT2D eigenvalue weighted by Crippen LogP contribution is -2.52. The molecule has 1 aliphatic carbocycles. The van der Waals surface area contributed by atoms with Gasteiger partial charge in [-0.15, -0.1) is 0 Å². The Morgan fingerprint density at radius 1 is 1.04 bits per heavy atom. The molecule has 0 saturated carbocycles. The van der Waals surface area contributed by atoms with E-state index in [0.717, 1.165) is 41.5 Å². The van der Waals surface area contributed by atoms with Crippen LogP contribution < -0.4 is 5.32 Å². The van der Waals surface area contributed by atoms with Crippen LogP contribution in [-0.2, 0) is 9.53 Å². The molecule has 0 fully saturated rings. The Kier molecular flexibility index (Phi) is 6.02. The maximum atomic E-state index is 12.4. The van der Waals surface area contributed by atoms with Crippen LogP contribution in [0.3, 0.4) is 0 Å². The highest BCUT2D eigenvalue weighted by Gasteiger charge is 2.35. The summed E-state index contributed by atoms with van der Waals surface area (Å²) in [6.07, 6.45) is 2.34. The lowest BCUT2D eigenvalue weighted by molar-refractivity contribution is -0.144. The Bertz CT molecular complexity index is 818. The van der Waals surface area contributed by atoms with E-state index in [1.807, 2.05) is 36.4 Å². The van der Waals surface area contributed by atoms with Crippen LogP contribution in [0.1, 0.15) is 56.6 Å². The molecule has 3 rings (SSSR count). The van der Waals surface area contributed by atoms with Crippen molar-refractivity contribution in [3.63, 3.8) is 0 Å². The number of unbranched alkanes of at least 4 members (excludes halogenated alkanes) is 2. The van der Waals surface area contributed by atoms with Gasteiger partial charge < -0.3 is 15.2 Å². The van der Waals surface area contributed by atoms with E-state index in [0.29, 0.717) is 6.42 Å². The first-order valence-electron chi connectivity index (χ1n) is 9.83. The van der Waals surface area contributed by atoms with E-state index in [9.17, 15) is 14.7 Å². The molecule has 1 atom stereocenters. The van der Waals surface area contributed by atoms with Crippen LogP contribution in [0.4, 0.5) is 4.79 Å². The molecule has 0 bridgehead atoms. The molecule has 1 aliphatic rings. The quantitative estimate of drug-likeness (QED) is 0.635. The smallest absolute Gasteiger partial charge is 0.408 e. The Balaban J connectivity index is 1.68. The van der Waals surface area contributed by atoms with Crippen molar-refractivity contribution < 1.29 is 19.4 Å². The summed E-state index contributed by atoms with van der Waals surface area (Å²) in [5.74, 6) is -1.09. The second-order valence-electron chi connectivity index (χ2n) is 7.54. The molecular formula is C23H27NO4. The van der Waals surface area contributed by atoms with Crippen molar-refractivity contribution in [2.45, 2.75) is 51.0 Å². The number of carbonyl (C=O) groups is 2. The van der Waals surface area contributed by atoms with E-state index in [2.05, 4.69) is 24.4 Å². The van der Waals surface area contributed by atoms with Gasteiger partial charge in [-0.2, -0.15) is 0 Å². The summed E-state index contributed by atoms with van der Waals surface area (Å²) >= 11 is 0. The first-order valence-corrected chi connectivity index (χ1v) is 9.83. The molecule has 0 aliphatic heterocycles. The van der Waals surface area contributed by atoms with E-state index in [1.165, 1.54) is 6.92 Å². The summed E-state index contributed by atoms with van der Waals surface area (Å²) in [5, 5.41) is 12.1. The first kappa shape index (κ1) is 19.9. The predicted octanol–water partition coefficient (Wildman–Crippen LogP) is 4.95. The molecule has 148 valence electrons. The van der Waals surface area contributed by atoms with Crippen molar-refractivity contribution in [1.82, 2.24) is 5.32 Å². The zero-order chi connectivity index (χ0) is 20.1. The fourth-order valence-corrected chi connectivity index (χ4v) is 3.81. The molecular weight excluding hydrogens is 354 g/mol. The van der Waals surface area contributed by atoms with E-state index in [1.54, 1.807) is 0 Å². The van der Waals surface area contributed by atoms with E-state index < -0.39 is 17.6 Å². The lowest BCUT2D eigenvalue weighted by Gasteiger charge is -2.26. The number of carboxylic acids is 1. The molecule has 5 heteroatoms. The number of carbonyl (C=O) groups excluding carboxylic acids is 1. The average Bonchev–Trinajstić information content (AvgIpc) is 3.00. The van der Waals surface area contributed by atoms with Gasteiger partial charge in [0.15, 0.2) is 0 Å². The molecule has 0 unspecified atom stereocenters. The van der Waals surface area contributed by atoms with Gasteiger partial charge in [0.2, 0.25) is 0 Å². The third-order valence-electron chi connectivity index (χ3n) is 5.47. The van der Waals surface area contributed by atoms with Gasteiger partial charge in [0.1, 0.15) is 12.1 Å². The molecule has 0 heterocycles. The minimum atomic E-state index is -1.32. The molecule has 0 aromatic heterocycles. The maximum absolute atomic E-state index is 12.4. The van der Waals surface area contributed by atoms with Gasteiger partial charge in [-0.1, -0.05) is 74.7 Å². The van der Waals surface area contributed by atoms with Crippen LogP contribution >= 0.6 is 0 Å². The van der Waals surface area contributed by atoms with Crippen LogP contribution in [-0.4, -0.2) is 29.3 Å². The maximum Gasteiger partial charge on any atom is 0.408 e. The standard InChI is InChI=1S/C23H27NO4/c1-3-4-9-14-23(2,21(25)26)24-22(27)28-15-20-18-12-7-5-10-16(18)17-11-6-8-13-19(17)20/h5-8,10-13,20H,3-4,9,14-15H2,1-2H3,(H,24,27)(H,25,26)/t23-/m0/s1. The highest BCUT2D eigenvalue weighted by molar-refractivity contribution is 5.84. The van der Waals surface area contributed by atoms with Crippen LogP contribution in [0.2, 0.25) is 0 Å². The molecule has 0 spiro atoms. The summed E-state index contributed by atoms with van der Waals surface area (Å²) in [4.78, 5) is 24.0. The third kappa shape index (κ3) is 4.03. The molecule has 28 heavy (non-hydrogen) atoms. The van der Waals surface area contributed by atoms with Gasteiger partial charge in [-0.25, -0.2) is 9.59 Å². The number of aliphatic carboxylic acids is 1. The monoisotopic (exact) mass is 381 g/mol. The fraction of sp³-hybridized carbons (Fsp3) is 0.391. The zero-order valence-electron chi connectivity index (χ0n) is 16.4. The van der Waals surface area contributed by atoms with Crippen molar-refractivity contribution in [3.05, 3.63) is 59.7 Å². The fourth-order valence-electron chi connectivity index (χ4n) is 3.81. The summed E-state index contributed by atoms with van der Waals surface area (Å²) < 4.78 is 5.48. The molecule has 2 N–H and O–H groups in total. The number of ether oxygens (including phenoxy) is 1. The normalized spacial score (nSPS) is 14.6. The second kappa shape index (κ2) is 8.46. The van der Waals surface area contributed by atoms with Gasteiger partial charge in [0, 0.05) is 5.92 Å². The minimum absolute atomic E-state index is 0.0469. The molecule has 1 amide bonds. The number of fused-ring (bicyclic) bond motifs is 3. The number of benzene rings is 2. The molecule has 2 aromatic carbocycles. The molecule has 5 nitrogen and oxygen atoms in total. The second-order valence-corrected chi connectivity index (χ2v) is 7.54. The Hall–Kier alpha value is -2.82. The average molecular weight is 381 g/mol. The SMILES string of the molecule is CCCCC[C@](C)(NC(=O)OCC1c2ccccc2-c2ccccc21)C(=O)O. The summed E-state index contributed by atoms with van der Waals surface area (Å²) in [7, 11) is 0. The largest absolute Gasteiger partial charge is 0.480 e. The molecule has 0 saturated heterocycles. The Morgan fingerprint density at radius 3 is 2.14 bits per heavy atom. The zero-order valence-corrected chi connectivity index (χ0v) is 16.4. The lowest BCUT2D eigenvalue weighted by atomic mass is 9.94. The van der Waals surface area contributed by atoms with Gasteiger partial charge in [0.05, 0.1) is 0 Å². The van der Waals surface area contributed by atoms with Crippen LogP contribution in [0.5, 0.6) is 0 Å². The van der Waals surface area contributed by atoms with Gasteiger partial charge in [0.25, 0.3) is 0 Å². The van der Waals surface area contributed by atoms with Crippen molar-refractivity contribution in [2.24, 2.45) is 0 Å². The van der Waals surface area contributed by atoms with Crippen LogP contribution in [0, 0.1) is 0 Å².